The van der Waals surface area contributed by atoms with Crippen LogP contribution in [-0.2, 0) is 13.0 Å². The number of ether oxygens (including phenoxy) is 1. The zero-order valence-electron chi connectivity index (χ0n) is 16.3. The summed E-state index contributed by atoms with van der Waals surface area (Å²) in [6.07, 6.45) is 5.34. The third kappa shape index (κ3) is 4.55. The Balaban J connectivity index is 1.46. The largest absolute Gasteiger partial charge is 0.489 e. The van der Waals surface area contributed by atoms with E-state index in [-0.39, 0.29) is 17.8 Å². The Labute approximate surface area is 176 Å². The van der Waals surface area contributed by atoms with Crippen LogP contribution >= 0.6 is 11.3 Å². The van der Waals surface area contributed by atoms with Crippen molar-refractivity contribution in [3.8, 4) is 10.9 Å². The van der Waals surface area contributed by atoms with E-state index in [9.17, 15) is 9.59 Å². The molecule has 0 atom stereocenters. The van der Waals surface area contributed by atoms with E-state index < -0.39 is 0 Å². The number of aromatic nitrogens is 3. The highest BCUT2D eigenvalue weighted by atomic mass is 32.1. The lowest BCUT2D eigenvalue weighted by Gasteiger charge is -2.07. The van der Waals surface area contributed by atoms with Gasteiger partial charge in [0.2, 0.25) is 0 Å². The van der Waals surface area contributed by atoms with Gasteiger partial charge in [-0.05, 0) is 18.6 Å². The molecule has 0 radical (unpaired) electrons. The molecule has 0 aliphatic heterocycles. The van der Waals surface area contributed by atoms with Crippen molar-refractivity contribution >= 4 is 17.1 Å². The fraction of sp³-hybridized carbons (Fsp3) is 0.182. The number of hydrogen-bond donors (Lipinski definition) is 0. The minimum Gasteiger partial charge on any atom is -0.489 e. The van der Waals surface area contributed by atoms with Crippen molar-refractivity contribution in [3.05, 3.63) is 93.5 Å². The molecule has 8 heteroatoms. The number of rotatable bonds is 8. The Bertz CT molecular complexity index is 1200. The highest BCUT2D eigenvalue weighted by Crippen LogP contribution is 2.23. The van der Waals surface area contributed by atoms with Gasteiger partial charge in [0.15, 0.2) is 16.8 Å². The number of benzene rings is 1. The molecule has 152 valence electrons. The quantitative estimate of drug-likeness (QED) is 0.400. The fourth-order valence-corrected chi connectivity index (χ4v) is 3.93. The average molecular weight is 421 g/mol. The van der Waals surface area contributed by atoms with Crippen LogP contribution in [0.3, 0.4) is 0 Å². The number of aryl methyl sites for hydroxylation is 2. The second-order valence-electron chi connectivity index (χ2n) is 6.60. The van der Waals surface area contributed by atoms with Gasteiger partial charge in [-0.25, -0.2) is 9.97 Å². The number of ketones is 1. The van der Waals surface area contributed by atoms with E-state index >= 15 is 0 Å². The van der Waals surface area contributed by atoms with Crippen LogP contribution in [-0.4, -0.2) is 20.3 Å². The zero-order chi connectivity index (χ0) is 20.9. The normalized spacial score (nSPS) is 10.8. The minimum atomic E-state index is -0.270. The number of carbonyl (C=O) groups excluding carboxylic acids is 1. The average Bonchev–Trinajstić information content (AvgIpc) is 3.41. The molecule has 0 fully saturated rings. The third-order valence-electron chi connectivity index (χ3n) is 4.43. The summed E-state index contributed by atoms with van der Waals surface area (Å²) < 4.78 is 12.3. The van der Waals surface area contributed by atoms with Gasteiger partial charge in [0.25, 0.3) is 5.56 Å². The molecule has 0 saturated heterocycles. The van der Waals surface area contributed by atoms with Crippen LogP contribution in [0.4, 0.5) is 0 Å². The second-order valence-corrected chi connectivity index (χ2v) is 7.58. The zero-order valence-corrected chi connectivity index (χ0v) is 17.1. The van der Waals surface area contributed by atoms with Gasteiger partial charge in [-0.15, -0.1) is 0 Å². The van der Waals surface area contributed by atoms with E-state index in [0.29, 0.717) is 40.4 Å². The van der Waals surface area contributed by atoms with Gasteiger partial charge in [-0.1, -0.05) is 41.7 Å². The Morgan fingerprint density at radius 1 is 1.23 bits per heavy atom. The maximum Gasteiger partial charge on any atom is 0.260 e. The van der Waals surface area contributed by atoms with E-state index in [2.05, 4.69) is 9.97 Å². The number of Topliss-reactive ketones (excluding diaryl/α,β-unsaturated/α-hetero) is 1. The Kier molecular flexibility index (Phi) is 5.85. The molecule has 0 unspecified atom stereocenters. The van der Waals surface area contributed by atoms with Crippen molar-refractivity contribution in [2.45, 2.75) is 26.4 Å². The third-order valence-corrected chi connectivity index (χ3v) is 5.63. The number of oxazole rings is 1. The number of hydrogen-bond acceptors (Lipinski definition) is 7. The smallest absolute Gasteiger partial charge is 0.260 e. The molecule has 0 N–H and O–H groups in total. The van der Waals surface area contributed by atoms with E-state index in [1.54, 1.807) is 25.4 Å². The van der Waals surface area contributed by atoms with Crippen LogP contribution < -0.4 is 10.3 Å². The number of nitrogens with zero attached hydrogens (tertiary/aromatic N) is 3. The van der Waals surface area contributed by atoms with E-state index in [0.717, 1.165) is 5.56 Å². The molecule has 1 aromatic carbocycles. The summed E-state index contributed by atoms with van der Waals surface area (Å²) in [6.45, 7) is 2.14. The lowest BCUT2D eigenvalue weighted by atomic mass is 10.2. The summed E-state index contributed by atoms with van der Waals surface area (Å²) in [5, 5.41) is 0.451. The van der Waals surface area contributed by atoms with E-state index in [4.69, 9.17) is 9.15 Å². The lowest BCUT2D eigenvalue weighted by molar-refractivity contribution is 0.0983. The summed E-state index contributed by atoms with van der Waals surface area (Å²) in [4.78, 5) is 34.1. The molecule has 4 rings (SSSR count). The monoisotopic (exact) mass is 421 g/mol. The van der Waals surface area contributed by atoms with Gasteiger partial charge in [0.1, 0.15) is 18.6 Å². The number of carbonyl (C=O) groups is 1. The highest BCUT2D eigenvalue weighted by molar-refractivity contribution is 7.16. The summed E-state index contributed by atoms with van der Waals surface area (Å²) >= 11 is 1.20. The van der Waals surface area contributed by atoms with E-state index in [1.807, 2.05) is 30.3 Å². The van der Waals surface area contributed by atoms with Gasteiger partial charge in [-0.3, -0.25) is 14.2 Å². The van der Waals surface area contributed by atoms with Crippen molar-refractivity contribution < 1.29 is 13.9 Å². The minimum absolute atomic E-state index is 0.0506. The van der Waals surface area contributed by atoms with Crippen LogP contribution in [0.1, 0.15) is 33.2 Å². The number of pyridine rings is 1. The molecule has 3 aromatic heterocycles. The van der Waals surface area contributed by atoms with Crippen LogP contribution in [0.25, 0.3) is 5.13 Å². The summed E-state index contributed by atoms with van der Waals surface area (Å²) in [7, 11) is 0. The summed E-state index contributed by atoms with van der Waals surface area (Å²) in [5.41, 5.74) is 1.35. The first-order valence-corrected chi connectivity index (χ1v) is 10.2. The summed E-state index contributed by atoms with van der Waals surface area (Å²) in [5.74, 6) is 0.953. The molecule has 0 aliphatic rings. The first-order valence-electron chi connectivity index (χ1n) is 9.39. The van der Waals surface area contributed by atoms with Crippen molar-refractivity contribution in [2.75, 3.05) is 0 Å². The predicted octanol–water partition coefficient (Wildman–Crippen LogP) is 3.98. The molecular formula is C22H19N3O4S. The van der Waals surface area contributed by atoms with Crippen molar-refractivity contribution in [2.24, 2.45) is 0 Å². The van der Waals surface area contributed by atoms with Crippen LogP contribution in [0.15, 0.2) is 70.3 Å². The highest BCUT2D eigenvalue weighted by Gasteiger charge is 2.17. The van der Waals surface area contributed by atoms with Gasteiger partial charge in [-0.2, -0.15) is 0 Å². The maximum absolute atomic E-state index is 12.6. The molecule has 0 aliphatic carbocycles. The van der Waals surface area contributed by atoms with Crippen LogP contribution in [0, 0.1) is 6.92 Å². The molecular weight excluding hydrogens is 402 g/mol. The van der Waals surface area contributed by atoms with Gasteiger partial charge < -0.3 is 9.15 Å². The summed E-state index contributed by atoms with van der Waals surface area (Å²) in [6, 6.07) is 12.9. The fourth-order valence-electron chi connectivity index (χ4n) is 2.90. The van der Waals surface area contributed by atoms with E-state index in [1.165, 1.54) is 28.2 Å². The Morgan fingerprint density at radius 2 is 2.07 bits per heavy atom. The predicted molar refractivity (Wildman–Crippen MR) is 112 cm³/mol. The molecule has 4 aromatic rings. The molecule has 0 saturated carbocycles. The van der Waals surface area contributed by atoms with Gasteiger partial charge in [0.05, 0.1) is 16.8 Å². The molecule has 30 heavy (non-hydrogen) atoms. The Hall–Kier alpha value is -3.52. The van der Waals surface area contributed by atoms with Crippen LogP contribution in [0.2, 0.25) is 0 Å². The second kappa shape index (κ2) is 8.87. The molecule has 3 heterocycles. The topological polar surface area (TPSA) is 87.2 Å². The van der Waals surface area contributed by atoms with Gasteiger partial charge >= 0.3 is 0 Å². The maximum atomic E-state index is 12.6. The van der Waals surface area contributed by atoms with Crippen molar-refractivity contribution in [1.82, 2.24) is 14.5 Å². The SMILES string of the molecule is Cc1nc(-n2ccc(OCc3ccccc3)cc2=O)sc1C(=O)CCc1ncco1. The standard InChI is InChI=1S/C22H19N3O4S/c1-15-21(18(26)7-8-19-23-10-12-28-19)30-22(24-15)25-11-9-17(13-20(25)27)29-14-16-5-3-2-4-6-16/h2-6,9-13H,7-8,14H2,1H3. The van der Waals surface area contributed by atoms with Crippen molar-refractivity contribution in [3.63, 3.8) is 0 Å². The van der Waals surface area contributed by atoms with Crippen molar-refractivity contribution in [1.29, 1.82) is 0 Å². The lowest BCUT2D eigenvalue weighted by Crippen LogP contribution is -2.16. The first-order chi connectivity index (χ1) is 14.6. The van der Waals surface area contributed by atoms with Crippen LogP contribution in [0.5, 0.6) is 5.75 Å². The Morgan fingerprint density at radius 3 is 2.80 bits per heavy atom. The first kappa shape index (κ1) is 19.8. The van der Waals surface area contributed by atoms with Gasteiger partial charge in [0, 0.05) is 25.1 Å². The molecule has 0 amide bonds. The molecule has 0 spiro atoms. The molecule has 7 nitrogen and oxygen atoms in total. The molecule has 0 bridgehead atoms. The number of thiazole rings is 1.